The Bertz CT molecular complexity index is 1000. The second-order valence-electron chi connectivity index (χ2n) is 6.87. The van der Waals surface area contributed by atoms with Gasteiger partial charge >= 0.3 is 5.97 Å². The molecule has 1 atom stereocenters. The normalized spacial score (nSPS) is 17.8. The quantitative estimate of drug-likeness (QED) is 0.730. The summed E-state index contributed by atoms with van der Waals surface area (Å²) in [6.07, 6.45) is 6.81. The Morgan fingerprint density at radius 1 is 1.36 bits per heavy atom. The summed E-state index contributed by atoms with van der Waals surface area (Å²) in [5.41, 5.74) is 10.7. The molecule has 28 heavy (non-hydrogen) atoms. The van der Waals surface area contributed by atoms with Crippen LogP contribution < -0.4 is 15.8 Å². The van der Waals surface area contributed by atoms with Gasteiger partial charge in [-0.2, -0.15) is 0 Å². The molecule has 0 spiro atoms. The smallest absolute Gasteiger partial charge is 0.306 e. The minimum Gasteiger partial charge on any atom is -0.495 e. The standard InChI is InChI=1S/C20H21N5O3/c1-28-16-7-14-9-22-8-13(14)6-15(16)25-19-17(18(21)23-10-24-19)11-2-4-12(5-3-11)20(26)27/h2,6-8,10,12H,3-5,9H2,1H3,(H,26,27)(H3,21,23,24,25). The maximum absolute atomic E-state index is 11.2. The first-order chi connectivity index (χ1) is 13.6. The zero-order valence-corrected chi connectivity index (χ0v) is 15.5. The molecule has 0 amide bonds. The lowest BCUT2D eigenvalue weighted by Crippen LogP contribution is -2.16. The van der Waals surface area contributed by atoms with Crippen LogP contribution in [-0.4, -0.2) is 34.4 Å². The van der Waals surface area contributed by atoms with Gasteiger partial charge in [0, 0.05) is 6.21 Å². The number of rotatable bonds is 5. The van der Waals surface area contributed by atoms with Gasteiger partial charge < -0.3 is 20.9 Å². The number of fused-ring (bicyclic) bond motifs is 1. The fourth-order valence-electron chi connectivity index (χ4n) is 3.63. The van der Waals surface area contributed by atoms with Crippen molar-refractivity contribution in [1.29, 1.82) is 0 Å². The number of anilines is 3. The van der Waals surface area contributed by atoms with Crippen molar-refractivity contribution in [2.75, 3.05) is 18.2 Å². The molecule has 2 aromatic rings. The molecule has 1 aromatic carbocycles. The van der Waals surface area contributed by atoms with Crippen molar-refractivity contribution in [3.63, 3.8) is 0 Å². The molecule has 2 aliphatic rings. The van der Waals surface area contributed by atoms with Crippen LogP contribution in [0, 0.1) is 5.92 Å². The van der Waals surface area contributed by atoms with Crippen molar-refractivity contribution in [2.24, 2.45) is 10.9 Å². The molecule has 0 saturated carbocycles. The van der Waals surface area contributed by atoms with Gasteiger partial charge in [0.2, 0.25) is 0 Å². The Morgan fingerprint density at radius 2 is 2.21 bits per heavy atom. The van der Waals surface area contributed by atoms with E-state index in [2.05, 4.69) is 20.3 Å². The molecule has 0 radical (unpaired) electrons. The number of hydrogen-bond donors (Lipinski definition) is 3. The summed E-state index contributed by atoms with van der Waals surface area (Å²) in [7, 11) is 1.62. The highest BCUT2D eigenvalue weighted by Crippen LogP contribution is 2.38. The summed E-state index contributed by atoms with van der Waals surface area (Å²) < 4.78 is 5.53. The average molecular weight is 379 g/mol. The number of ether oxygens (including phenoxy) is 1. The third kappa shape index (κ3) is 3.28. The first-order valence-electron chi connectivity index (χ1n) is 9.07. The number of benzene rings is 1. The van der Waals surface area contributed by atoms with Crippen molar-refractivity contribution < 1.29 is 14.6 Å². The summed E-state index contributed by atoms with van der Waals surface area (Å²) in [5, 5.41) is 12.5. The van der Waals surface area contributed by atoms with E-state index >= 15 is 0 Å². The maximum atomic E-state index is 11.2. The predicted octanol–water partition coefficient (Wildman–Crippen LogP) is 3.01. The maximum Gasteiger partial charge on any atom is 0.306 e. The number of aliphatic imine (C=N–C) groups is 1. The summed E-state index contributed by atoms with van der Waals surface area (Å²) in [6.45, 7) is 0.648. The van der Waals surface area contributed by atoms with Crippen molar-refractivity contribution in [3.05, 3.63) is 41.2 Å². The molecule has 0 fully saturated rings. The Hall–Kier alpha value is -3.42. The average Bonchev–Trinajstić information content (AvgIpc) is 3.15. The number of methoxy groups -OCH3 is 1. The number of carboxylic acid groups (broad SMARTS) is 1. The number of aliphatic carboxylic acids is 1. The van der Waals surface area contributed by atoms with Crippen molar-refractivity contribution in [3.8, 4) is 5.75 Å². The molecule has 0 bridgehead atoms. The Morgan fingerprint density at radius 3 is 2.93 bits per heavy atom. The van der Waals surface area contributed by atoms with E-state index in [0.29, 0.717) is 48.8 Å². The molecule has 4 rings (SSSR count). The fourth-order valence-corrected chi connectivity index (χ4v) is 3.63. The lowest BCUT2D eigenvalue weighted by Gasteiger charge is -2.21. The third-order valence-corrected chi connectivity index (χ3v) is 5.16. The van der Waals surface area contributed by atoms with E-state index in [1.54, 1.807) is 7.11 Å². The summed E-state index contributed by atoms with van der Waals surface area (Å²) >= 11 is 0. The van der Waals surface area contributed by atoms with Gasteiger partial charge in [0.25, 0.3) is 0 Å². The number of nitrogens with one attached hydrogen (secondary N) is 1. The second-order valence-corrected chi connectivity index (χ2v) is 6.87. The molecule has 144 valence electrons. The Balaban J connectivity index is 1.70. The topological polar surface area (TPSA) is 123 Å². The van der Waals surface area contributed by atoms with Gasteiger partial charge in [0.15, 0.2) is 0 Å². The lowest BCUT2D eigenvalue weighted by atomic mass is 9.87. The largest absolute Gasteiger partial charge is 0.495 e. The van der Waals surface area contributed by atoms with E-state index in [-0.39, 0.29) is 5.92 Å². The van der Waals surface area contributed by atoms with Crippen LogP contribution in [0.3, 0.4) is 0 Å². The van der Waals surface area contributed by atoms with Crippen LogP contribution in [0.15, 0.2) is 29.5 Å². The van der Waals surface area contributed by atoms with Gasteiger partial charge in [0.1, 0.15) is 23.7 Å². The van der Waals surface area contributed by atoms with Crippen LogP contribution in [0.5, 0.6) is 5.75 Å². The number of carboxylic acids is 1. The number of carbonyl (C=O) groups is 1. The molecule has 8 heteroatoms. The first-order valence-corrected chi connectivity index (χ1v) is 9.07. The molecule has 2 heterocycles. The van der Waals surface area contributed by atoms with Crippen LogP contribution in [0.1, 0.15) is 36.0 Å². The molecule has 0 saturated heterocycles. The number of allylic oxidation sites excluding steroid dienone is 2. The van der Waals surface area contributed by atoms with E-state index in [9.17, 15) is 9.90 Å². The minimum absolute atomic E-state index is 0.359. The van der Waals surface area contributed by atoms with Gasteiger partial charge in [-0.15, -0.1) is 0 Å². The molecule has 1 aliphatic heterocycles. The monoisotopic (exact) mass is 379 g/mol. The summed E-state index contributed by atoms with van der Waals surface area (Å²) in [5.74, 6) is 0.494. The van der Waals surface area contributed by atoms with Crippen LogP contribution >= 0.6 is 0 Å². The van der Waals surface area contributed by atoms with E-state index in [1.807, 2.05) is 24.4 Å². The SMILES string of the molecule is COc1cc2c(cc1Nc1ncnc(N)c1C1=CCC(C(=O)O)CC1)C=NC2. The molecule has 8 nitrogen and oxygen atoms in total. The van der Waals surface area contributed by atoms with E-state index < -0.39 is 5.97 Å². The van der Waals surface area contributed by atoms with Gasteiger partial charge in [-0.3, -0.25) is 9.79 Å². The highest BCUT2D eigenvalue weighted by Gasteiger charge is 2.24. The second kappa shape index (κ2) is 7.30. The number of nitrogen functional groups attached to an aromatic ring is 1. The Kier molecular flexibility index (Phi) is 4.68. The third-order valence-electron chi connectivity index (χ3n) is 5.16. The number of nitrogens with two attached hydrogens (primary N) is 1. The number of hydrogen-bond acceptors (Lipinski definition) is 7. The van der Waals surface area contributed by atoms with Crippen LogP contribution in [-0.2, 0) is 11.3 Å². The molecular formula is C20H21N5O3. The van der Waals surface area contributed by atoms with Crippen LogP contribution in [0.25, 0.3) is 5.57 Å². The Labute approximate surface area is 162 Å². The molecule has 4 N–H and O–H groups in total. The highest BCUT2D eigenvalue weighted by atomic mass is 16.5. The molecule has 1 unspecified atom stereocenters. The lowest BCUT2D eigenvalue weighted by molar-refractivity contribution is -0.141. The molecule has 1 aliphatic carbocycles. The molecular weight excluding hydrogens is 358 g/mol. The van der Waals surface area contributed by atoms with Gasteiger partial charge in [0.05, 0.1) is 30.8 Å². The fraction of sp³-hybridized carbons (Fsp3) is 0.300. The van der Waals surface area contributed by atoms with E-state index in [4.69, 9.17) is 10.5 Å². The van der Waals surface area contributed by atoms with Crippen molar-refractivity contribution in [1.82, 2.24) is 9.97 Å². The van der Waals surface area contributed by atoms with Gasteiger partial charge in [-0.1, -0.05) is 6.08 Å². The zero-order chi connectivity index (χ0) is 19.7. The highest BCUT2D eigenvalue weighted by molar-refractivity contribution is 5.89. The van der Waals surface area contributed by atoms with Gasteiger partial charge in [-0.05, 0) is 48.1 Å². The molecule has 1 aromatic heterocycles. The van der Waals surface area contributed by atoms with E-state index in [1.165, 1.54) is 6.33 Å². The van der Waals surface area contributed by atoms with Crippen LogP contribution in [0.4, 0.5) is 17.3 Å². The zero-order valence-electron chi connectivity index (χ0n) is 15.5. The minimum atomic E-state index is -0.768. The van der Waals surface area contributed by atoms with Crippen molar-refractivity contribution in [2.45, 2.75) is 25.8 Å². The number of aromatic nitrogens is 2. The van der Waals surface area contributed by atoms with Crippen LogP contribution in [0.2, 0.25) is 0 Å². The predicted molar refractivity (Wildman–Crippen MR) is 107 cm³/mol. The first kappa shape index (κ1) is 18.0. The summed E-state index contributed by atoms with van der Waals surface area (Å²) in [4.78, 5) is 24.0. The summed E-state index contributed by atoms with van der Waals surface area (Å²) in [6, 6.07) is 3.94. The van der Waals surface area contributed by atoms with Gasteiger partial charge in [-0.25, -0.2) is 9.97 Å². The number of nitrogens with zero attached hydrogens (tertiary/aromatic N) is 3. The van der Waals surface area contributed by atoms with E-state index in [0.717, 1.165) is 22.4 Å². The van der Waals surface area contributed by atoms with Crippen molar-refractivity contribution >= 4 is 35.1 Å².